The molecule has 0 amide bonds. The fraction of sp³-hybridized carbons (Fsp3) is 0.600. The van der Waals surface area contributed by atoms with Gasteiger partial charge in [-0.1, -0.05) is 6.92 Å². The molecule has 5 heteroatoms. The number of aliphatic carboxylic acids is 1. The predicted octanol–water partition coefficient (Wildman–Crippen LogP) is 1.75. The molecule has 1 rings (SSSR count). The molecule has 0 spiro atoms. The first-order valence-electron chi connectivity index (χ1n) is 4.88. The van der Waals surface area contributed by atoms with E-state index in [0.717, 1.165) is 10.7 Å². The Labute approximate surface area is 93.6 Å². The topological polar surface area (TPSA) is 53.4 Å². The smallest absolute Gasteiger partial charge is 0.320 e. The van der Waals surface area contributed by atoms with Crippen LogP contribution >= 0.6 is 11.3 Å². The van der Waals surface area contributed by atoms with E-state index in [1.165, 1.54) is 0 Å². The highest BCUT2D eigenvalue weighted by Gasteiger charge is 2.20. The van der Waals surface area contributed by atoms with Gasteiger partial charge in [0.15, 0.2) is 0 Å². The Morgan fingerprint density at radius 3 is 2.80 bits per heavy atom. The average molecular weight is 228 g/mol. The number of nitrogens with zero attached hydrogens (tertiary/aromatic N) is 2. The first-order valence-corrected chi connectivity index (χ1v) is 5.76. The van der Waals surface area contributed by atoms with Crippen LogP contribution in [0, 0.1) is 6.92 Å². The molecule has 0 radical (unpaired) electrons. The van der Waals surface area contributed by atoms with Crippen LogP contribution in [0.15, 0.2) is 5.38 Å². The number of carboxylic acid groups (broad SMARTS) is 1. The van der Waals surface area contributed by atoms with E-state index in [1.54, 1.807) is 11.3 Å². The van der Waals surface area contributed by atoms with E-state index >= 15 is 0 Å². The molecule has 0 aliphatic carbocycles. The van der Waals surface area contributed by atoms with Crippen molar-refractivity contribution in [3.05, 3.63) is 16.1 Å². The van der Waals surface area contributed by atoms with Crippen LogP contribution in [0.25, 0.3) is 0 Å². The summed E-state index contributed by atoms with van der Waals surface area (Å²) in [4.78, 5) is 17.0. The van der Waals surface area contributed by atoms with Crippen molar-refractivity contribution in [2.75, 3.05) is 7.05 Å². The maximum atomic E-state index is 10.9. The van der Waals surface area contributed by atoms with E-state index in [-0.39, 0.29) is 0 Å². The minimum absolute atomic E-state index is 0.422. The van der Waals surface area contributed by atoms with Gasteiger partial charge in [-0.15, -0.1) is 11.3 Å². The molecule has 0 bridgehead atoms. The van der Waals surface area contributed by atoms with E-state index in [1.807, 2.05) is 31.2 Å². The Morgan fingerprint density at radius 1 is 1.73 bits per heavy atom. The number of carboxylic acids is 1. The summed E-state index contributed by atoms with van der Waals surface area (Å²) in [5, 5.41) is 11.9. The molecule has 0 fully saturated rings. The summed E-state index contributed by atoms with van der Waals surface area (Å²) in [5.41, 5.74) is 0.992. The second-order valence-corrected chi connectivity index (χ2v) is 4.50. The molecule has 1 N–H and O–H groups in total. The zero-order valence-electron chi connectivity index (χ0n) is 9.23. The first kappa shape index (κ1) is 12.1. The van der Waals surface area contributed by atoms with E-state index < -0.39 is 12.0 Å². The fourth-order valence-electron chi connectivity index (χ4n) is 1.47. The van der Waals surface area contributed by atoms with Crippen molar-refractivity contribution in [1.82, 2.24) is 9.88 Å². The summed E-state index contributed by atoms with van der Waals surface area (Å²) in [7, 11) is 1.82. The zero-order valence-corrected chi connectivity index (χ0v) is 10.0. The van der Waals surface area contributed by atoms with Crippen LogP contribution < -0.4 is 0 Å². The molecule has 0 aromatic carbocycles. The van der Waals surface area contributed by atoms with Crippen molar-refractivity contribution in [3.63, 3.8) is 0 Å². The molecule has 4 nitrogen and oxygen atoms in total. The van der Waals surface area contributed by atoms with Crippen molar-refractivity contribution in [2.24, 2.45) is 0 Å². The number of carbonyl (C=O) groups is 1. The molecule has 1 unspecified atom stereocenters. The SMILES string of the molecule is CCC(C(=O)O)N(C)Cc1nc(C)cs1. The molecule has 0 aliphatic heterocycles. The summed E-state index contributed by atoms with van der Waals surface area (Å²) in [6, 6.07) is -0.422. The third-order valence-electron chi connectivity index (χ3n) is 2.26. The van der Waals surface area contributed by atoms with E-state index in [0.29, 0.717) is 13.0 Å². The molecular weight excluding hydrogens is 212 g/mol. The van der Waals surface area contributed by atoms with Gasteiger partial charge in [0.05, 0.1) is 6.54 Å². The van der Waals surface area contributed by atoms with Crippen LogP contribution in [0.5, 0.6) is 0 Å². The maximum absolute atomic E-state index is 10.9. The Bertz CT molecular complexity index is 338. The average Bonchev–Trinajstić information content (AvgIpc) is 2.51. The Morgan fingerprint density at radius 2 is 2.40 bits per heavy atom. The second-order valence-electron chi connectivity index (χ2n) is 3.56. The van der Waals surface area contributed by atoms with Crippen LogP contribution in [0.2, 0.25) is 0 Å². The molecular formula is C10H16N2O2S. The minimum Gasteiger partial charge on any atom is -0.480 e. The molecule has 15 heavy (non-hydrogen) atoms. The van der Waals surface area contributed by atoms with Crippen molar-refractivity contribution in [1.29, 1.82) is 0 Å². The van der Waals surface area contributed by atoms with Crippen LogP contribution in [-0.2, 0) is 11.3 Å². The summed E-state index contributed by atoms with van der Waals surface area (Å²) in [6.07, 6.45) is 0.607. The molecule has 1 aromatic rings. The molecule has 1 atom stereocenters. The highest BCUT2D eigenvalue weighted by Crippen LogP contribution is 2.13. The number of hydrogen-bond acceptors (Lipinski definition) is 4. The highest BCUT2D eigenvalue weighted by atomic mass is 32.1. The van der Waals surface area contributed by atoms with Gasteiger partial charge in [0.2, 0.25) is 0 Å². The quantitative estimate of drug-likeness (QED) is 0.834. The molecule has 0 aliphatic rings. The van der Waals surface area contributed by atoms with Crippen molar-refractivity contribution in [3.8, 4) is 0 Å². The van der Waals surface area contributed by atoms with Gasteiger partial charge >= 0.3 is 5.97 Å². The largest absolute Gasteiger partial charge is 0.480 e. The molecule has 1 aromatic heterocycles. The Hall–Kier alpha value is -0.940. The van der Waals surface area contributed by atoms with Gasteiger partial charge in [-0.2, -0.15) is 0 Å². The van der Waals surface area contributed by atoms with Crippen molar-refractivity contribution >= 4 is 17.3 Å². The number of rotatable bonds is 5. The summed E-state index contributed by atoms with van der Waals surface area (Å²) < 4.78 is 0. The predicted molar refractivity (Wildman–Crippen MR) is 60.0 cm³/mol. The number of thiazole rings is 1. The first-order chi connectivity index (χ1) is 7.04. The van der Waals surface area contributed by atoms with Crippen LogP contribution in [0.4, 0.5) is 0 Å². The monoisotopic (exact) mass is 228 g/mol. The standard InChI is InChI=1S/C10H16N2O2S/c1-4-8(10(13)14)12(3)5-9-11-7(2)6-15-9/h6,8H,4-5H2,1-3H3,(H,13,14). The van der Waals surface area contributed by atoms with Gasteiger partial charge in [-0.05, 0) is 20.4 Å². The Balaban J connectivity index is 2.61. The number of aromatic nitrogens is 1. The third-order valence-corrected chi connectivity index (χ3v) is 3.21. The highest BCUT2D eigenvalue weighted by molar-refractivity contribution is 7.09. The lowest BCUT2D eigenvalue weighted by atomic mass is 10.2. The van der Waals surface area contributed by atoms with Crippen LogP contribution in [0.1, 0.15) is 24.0 Å². The van der Waals surface area contributed by atoms with Gasteiger partial charge in [0, 0.05) is 11.1 Å². The van der Waals surface area contributed by atoms with E-state index in [4.69, 9.17) is 5.11 Å². The van der Waals surface area contributed by atoms with Crippen molar-refractivity contribution in [2.45, 2.75) is 32.9 Å². The normalized spacial score (nSPS) is 13.1. The van der Waals surface area contributed by atoms with Gasteiger partial charge in [0.1, 0.15) is 11.0 Å². The maximum Gasteiger partial charge on any atom is 0.320 e. The molecule has 84 valence electrons. The minimum atomic E-state index is -0.770. The van der Waals surface area contributed by atoms with E-state index in [2.05, 4.69) is 4.98 Å². The summed E-state index contributed by atoms with van der Waals surface area (Å²) >= 11 is 1.57. The molecule has 0 saturated heterocycles. The zero-order chi connectivity index (χ0) is 11.4. The Kier molecular flexibility index (Phi) is 4.23. The van der Waals surface area contributed by atoms with Crippen LogP contribution in [0.3, 0.4) is 0 Å². The number of aryl methyl sites for hydroxylation is 1. The van der Waals surface area contributed by atoms with E-state index in [9.17, 15) is 4.79 Å². The number of likely N-dealkylation sites (N-methyl/N-ethyl adjacent to an activating group) is 1. The lowest BCUT2D eigenvalue weighted by Crippen LogP contribution is -2.37. The lowest BCUT2D eigenvalue weighted by molar-refractivity contribution is -0.143. The van der Waals surface area contributed by atoms with Crippen molar-refractivity contribution < 1.29 is 9.90 Å². The van der Waals surface area contributed by atoms with Gasteiger partial charge < -0.3 is 5.11 Å². The summed E-state index contributed by atoms with van der Waals surface area (Å²) in [5.74, 6) is -0.770. The number of hydrogen-bond donors (Lipinski definition) is 1. The molecule has 1 heterocycles. The lowest BCUT2D eigenvalue weighted by Gasteiger charge is -2.22. The van der Waals surface area contributed by atoms with Gasteiger partial charge in [-0.3, -0.25) is 9.69 Å². The fourth-order valence-corrected chi connectivity index (χ4v) is 2.31. The summed E-state index contributed by atoms with van der Waals surface area (Å²) in [6.45, 7) is 4.42. The van der Waals surface area contributed by atoms with Gasteiger partial charge in [-0.25, -0.2) is 4.98 Å². The second kappa shape index (κ2) is 5.23. The third kappa shape index (κ3) is 3.28. The molecule has 0 saturated carbocycles. The van der Waals surface area contributed by atoms with Gasteiger partial charge in [0.25, 0.3) is 0 Å². The van der Waals surface area contributed by atoms with Crippen LogP contribution in [-0.4, -0.2) is 34.0 Å².